The molecule has 3 heterocycles. The molecular formula is C26H28BClN2O3. The molecule has 2 aliphatic heterocycles. The van der Waals surface area contributed by atoms with Crippen LogP contribution in [0.5, 0.6) is 0 Å². The van der Waals surface area contributed by atoms with E-state index in [1.807, 2.05) is 12.1 Å². The number of rotatable bonds is 1. The number of fused-ring (bicyclic) bond motifs is 7. The smallest absolute Gasteiger partial charge is 0.399 e. The molecule has 0 bridgehead atoms. The molecular weight excluding hydrogens is 435 g/mol. The van der Waals surface area contributed by atoms with E-state index < -0.39 is 18.3 Å². The molecule has 3 aliphatic rings. The molecule has 1 saturated heterocycles. The molecule has 1 saturated carbocycles. The Bertz CT molecular complexity index is 1340. The lowest BCUT2D eigenvalue weighted by molar-refractivity contribution is 0.00578. The molecule has 2 fully saturated rings. The lowest BCUT2D eigenvalue weighted by atomic mass is 9.67. The third-order valence-corrected chi connectivity index (χ3v) is 8.62. The summed E-state index contributed by atoms with van der Waals surface area (Å²) in [6.45, 7) is 8.29. The van der Waals surface area contributed by atoms with Crippen LogP contribution in [-0.4, -0.2) is 27.9 Å². The molecule has 0 radical (unpaired) electrons. The van der Waals surface area contributed by atoms with Gasteiger partial charge in [0.1, 0.15) is 5.82 Å². The summed E-state index contributed by atoms with van der Waals surface area (Å²) >= 11 is 6.45. The van der Waals surface area contributed by atoms with Gasteiger partial charge in [0.25, 0.3) is 5.56 Å². The van der Waals surface area contributed by atoms with Crippen molar-refractivity contribution in [1.29, 1.82) is 0 Å². The van der Waals surface area contributed by atoms with Gasteiger partial charge in [-0.3, -0.25) is 9.36 Å². The molecule has 0 amide bonds. The van der Waals surface area contributed by atoms with Gasteiger partial charge in [-0.25, -0.2) is 0 Å². The molecule has 6 rings (SSSR count). The fourth-order valence-corrected chi connectivity index (χ4v) is 6.07. The maximum Gasteiger partial charge on any atom is 0.494 e. The van der Waals surface area contributed by atoms with E-state index in [0.29, 0.717) is 10.4 Å². The average Bonchev–Trinajstić information content (AvgIpc) is 3.15. The van der Waals surface area contributed by atoms with Crippen LogP contribution in [0.2, 0.25) is 5.02 Å². The zero-order valence-electron chi connectivity index (χ0n) is 19.6. The molecule has 2 aromatic carbocycles. The fourth-order valence-electron chi connectivity index (χ4n) is 5.82. The van der Waals surface area contributed by atoms with Crippen molar-refractivity contribution in [2.45, 2.75) is 76.4 Å². The van der Waals surface area contributed by atoms with Gasteiger partial charge in [0.15, 0.2) is 0 Å². The SMILES string of the molecule is CC1(C)OB(c2ccc3c(c2)C2(CCCCC2)c2nc(=O)c4c(Cl)cccc4n2-3)OC1(C)C. The molecule has 0 atom stereocenters. The van der Waals surface area contributed by atoms with Gasteiger partial charge >= 0.3 is 7.12 Å². The number of halogens is 1. The Hall–Kier alpha value is -2.15. The van der Waals surface area contributed by atoms with E-state index in [1.165, 1.54) is 12.0 Å². The van der Waals surface area contributed by atoms with Crippen molar-refractivity contribution in [1.82, 2.24) is 9.55 Å². The van der Waals surface area contributed by atoms with E-state index in [1.54, 1.807) is 6.07 Å². The van der Waals surface area contributed by atoms with Crippen LogP contribution in [0.3, 0.4) is 0 Å². The number of benzene rings is 2. The predicted octanol–water partition coefficient (Wildman–Crippen LogP) is 4.90. The minimum absolute atomic E-state index is 0.245. The third-order valence-electron chi connectivity index (χ3n) is 8.30. The first-order valence-electron chi connectivity index (χ1n) is 11.9. The molecule has 1 aliphatic carbocycles. The molecule has 7 heteroatoms. The van der Waals surface area contributed by atoms with Crippen molar-refractivity contribution in [2.24, 2.45) is 0 Å². The summed E-state index contributed by atoms with van der Waals surface area (Å²) in [4.78, 5) is 17.8. The summed E-state index contributed by atoms with van der Waals surface area (Å²) in [5, 5.41) is 0.928. The highest BCUT2D eigenvalue weighted by molar-refractivity contribution is 6.62. The second-order valence-electron chi connectivity index (χ2n) is 10.7. The minimum atomic E-state index is -0.427. The largest absolute Gasteiger partial charge is 0.494 e. The maximum absolute atomic E-state index is 13.1. The summed E-state index contributed by atoms with van der Waals surface area (Å²) in [7, 11) is -0.427. The van der Waals surface area contributed by atoms with Gasteiger partial charge in [-0.1, -0.05) is 49.1 Å². The highest BCUT2D eigenvalue weighted by Crippen LogP contribution is 2.51. The highest BCUT2D eigenvalue weighted by Gasteiger charge is 2.53. The molecule has 170 valence electrons. The Balaban J connectivity index is 1.59. The molecule has 0 unspecified atom stereocenters. The van der Waals surface area contributed by atoms with Crippen molar-refractivity contribution < 1.29 is 9.31 Å². The van der Waals surface area contributed by atoms with Crippen LogP contribution in [0.1, 0.15) is 71.2 Å². The van der Waals surface area contributed by atoms with Gasteiger partial charge in [0.2, 0.25) is 0 Å². The fraction of sp³-hybridized carbons (Fsp3) is 0.462. The summed E-state index contributed by atoms with van der Waals surface area (Å²) in [6, 6.07) is 12.1. The van der Waals surface area contributed by atoms with Gasteiger partial charge in [-0.05, 0) is 69.8 Å². The van der Waals surface area contributed by atoms with E-state index >= 15 is 0 Å². The van der Waals surface area contributed by atoms with Gasteiger partial charge < -0.3 is 9.31 Å². The zero-order chi connectivity index (χ0) is 23.2. The summed E-state index contributed by atoms with van der Waals surface area (Å²) in [5.41, 5.74) is 2.81. The van der Waals surface area contributed by atoms with Crippen LogP contribution in [0.25, 0.3) is 16.6 Å². The first-order chi connectivity index (χ1) is 15.6. The third kappa shape index (κ3) is 2.87. The van der Waals surface area contributed by atoms with Crippen molar-refractivity contribution in [3.8, 4) is 5.69 Å². The van der Waals surface area contributed by atoms with Crippen LogP contribution >= 0.6 is 11.6 Å². The van der Waals surface area contributed by atoms with Crippen LogP contribution in [-0.2, 0) is 14.7 Å². The van der Waals surface area contributed by atoms with Crippen molar-refractivity contribution >= 4 is 35.1 Å². The molecule has 1 spiro atoms. The van der Waals surface area contributed by atoms with Crippen molar-refractivity contribution in [3.63, 3.8) is 0 Å². The molecule has 5 nitrogen and oxygen atoms in total. The van der Waals surface area contributed by atoms with E-state index in [4.69, 9.17) is 20.9 Å². The topological polar surface area (TPSA) is 53.3 Å². The van der Waals surface area contributed by atoms with Crippen molar-refractivity contribution in [3.05, 3.63) is 63.2 Å². The number of nitrogens with zero attached hydrogens (tertiary/aromatic N) is 2. The number of hydrogen-bond donors (Lipinski definition) is 0. The zero-order valence-corrected chi connectivity index (χ0v) is 20.3. The molecule has 3 aromatic rings. The summed E-state index contributed by atoms with van der Waals surface area (Å²) in [5.74, 6) is 0.850. The van der Waals surface area contributed by atoms with Crippen LogP contribution < -0.4 is 11.0 Å². The van der Waals surface area contributed by atoms with Gasteiger partial charge in [-0.15, -0.1) is 0 Å². The Kier molecular flexibility index (Phi) is 4.50. The first-order valence-corrected chi connectivity index (χ1v) is 12.2. The standard InChI is InChI=1S/C26H28BClN2O3/c1-24(2)25(3,4)33-27(32-24)16-11-12-19-17(15-16)26(13-6-5-7-14-26)23-29-22(31)21-18(28)9-8-10-20(21)30(19)23/h8-12,15H,5-7,13-14H2,1-4H3. The Morgan fingerprint density at radius 2 is 1.70 bits per heavy atom. The monoisotopic (exact) mass is 462 g/mol. The van der Waals surface area contributed by atoms with E-state index in [0.717, 1.165) is 48.2 Å². The van der Waals surface area contributed by atoms with E-state index in [2.05, 4.69) is 55.4 Å². The Morgan fingerprint density at radius 3 is 2.39 bits per heavy atom. The first kappa shape index (κ1) is 21.4. The second kappa shape index (κ2) is 6.94. The molecule has 0 N–H and O–H groups in total. The predicted molar refractivity (Wildman–Crippen MR) is 132 cm³/mol. The number of aromatic nitrogens is 2. The Labute approximate surface area is 199 Å². The van der Waals surface area contributed by atoms with Gasteiger partial charge in [-0.2, -0.15) is 4.98 Å². The second-order valence-corrected chi connectivity index (χ2v) is 11.1. The Morgan fingerprint density at radius 1 is 1.00 bits per heavy atom. The molecule has 1 aromatic heterocycles. The quantitative estimate of drug-likeness (QED) is 0.483. The lowest BCUT2D eigenvalue weighted by Gasteiger charge is -2.33. The minimum Gasteiger partial charge on any atom is -0.399 e. The summed E-state index contributed by atoms with van der Waals surface area (Å²) < 4.78 is 14.9. The van der Waals surface area contributed by atoms with E-state index in [-0.39, 0.29) is 11.0 Å². The lowest BCUT2D eigenvalue weighted by Crippen LogP contribution is -2.41. The normalized spacial score (nSPS) is 22.0. The van der Waals surface area contributed by atoms with Crippen LogP contribution in [0.4, 0.5) is 0 Å². The van der Waals surface area contributed by atoms with Gasteiger partial charge in [0, 0.05) is 0 Å². The van der Waals surface area contributed by atoms with Crippen LogP contribution in [0.15, 0.2) is 41.2 Å². The average molecular weight is 463 g/mol. The molecule has 33 heavy (non-hydrogen) atoms. The number of hydrogen-bond acceptors (Lipinski definition) is 4. The summed E-state index contributed by atoms with van der Waals surface area (Å²) in [6.07, 6.45) is 5.39. The highest BCUT2D eigenvalue weighted by atomic mass is 35.5. The maximum atomic E-state index is 13.1. The van der Waals surface area contributed by atoms with Crippen molar-refractivity contribution in [2.75, 3.05) is 0 Å². The van der Waals surface area contributed by atoms with Gasteiger partial charge in [0.05, 0.1) is 38.2 Å². The van der Waals surface area contributed by atoms with Crippen LogP contribution in [0, 0.1) is 0 Å². The van der Waals surface area contributed by atoms with E-state index in [9.17, 15) is 4.79 Å².